The summed E-state index contributed by atoms with van der Waals surface area (Å²) in [6, 6.07) is 19.4. The molecule has 138 valence electrons. The van der Waals surface area contributed by atoms with Crippen molar-refractivity contribution in [3.05, 3.63) is 89.2 Å². The number of carbonyl (C=O) groups excluding carboxylic acids is 1. The molecule has 0 saturated heterocycles. The highest BCUT2D eigenvalue weighted by Crippen LogP contribution is 2.17. The van der Waals surface area contributed by atoms with Crippen LogP contribution in [0.25, 0.3) is 0 Å². The van der Waals surface area contributed by atoms with Gasteiger partial charge in [-0.2, -0.15) is 0 Å². The van der Waals surface area contributed by atoms with Crippen molar-refractivity contribution >= 4 is 11.6 Å². The molecule has 0 bridgehead atoms. The number of para-hydroxylation sites is 1. The van der Waals surface area contributed by atoms with E-state index in [1.165, 1.54) is 11.1 Å². The van der Waals surface area contributed by atoms with E-state index < -0.39 is 0 Å². The van der Waals surface area contributed by atoms with Crippen molar-refractivity contribution in [1.29, 1.82) is 0 Å². The van der Waals surface area contributed by atoms with Crippen LogP contribution in [0.3, 0.4) is 0 Å². The summed E-state index contributed by atoms with van der Waals surface area (Å²) in [6.07, 6.45) is 1.64. The first kappa shape index (κ1) is 18.5. The van der Waals surface area contributed by atoms with Gasteiger partial charge in [0, 0.05) is 30.5 Å². The topological polar surface area (TPSA) is 63.2 Å². The average Bonchev–Trinajstić information content (AvgIpc) is 2.72. The number of aryl methyl sites for hydroxylation is 1. The number of benzene rings is 2. The van der Waals surface area contributed by atoms with Crippen molar-refractivity contribution in [2.75, 3.05) is 12.4 Å². The molecule has 0 unspecified atom stereocenters. The van der Waals surface area contributed by atoms with Gasteiger partial charge < -0.3 is 15.4 Å². The SMILES string of the molecule is COc1ccccc1CNC(=O)c1cc(NCc2ccccc2C)ccn1. The lowest BCUT2D eigenvalue weighted by molar-refractivity contribution is 0.0945. The number of nitrogens with zero attached hydrogens (tertiary/aromatic N) is 1. The van der Waals surface area contributed by atoms with Crippen molar-refractivity contribution in [1.82, 2.24) is 10.3 Å². The van der Waals surface area contributed by atoms with Crippen LogP contribution in [0.1, 0.15) is 27.2 Å². The fourth-order valence-corrected chi connectivity index (χ4v) is 2.79. The zero-order valence-corrected chi connectivity index (χ0v) is 15.5. The first-order valence-electron chi connectivity index (χ1n) is 8.82. The summed E-state index contributed by atoms with van der Waals surface area (Å²) in [5.41, 5.74) is 4.60. The molecule has 1 aromatic heterocycles. The van der Waals surface area contributed by atoms with Crippen LogP contribution in [0.2, 0.25) is 0 Å². The maximum Gasteiger partial charge on any atom is 0.270 e. The molecule has 5 nitrogen and oxygen atoms in total. The van der Waals surface area contributed by atoms with Crippen molar-refractivity contribution in [2.24, 2.45) is 0 Å². The van der Waals surface area contributed by atoms with E-state index in [0.29, 0.717) is 18.8 Å². The van der Waals surface area contributed by atoms with Gasteiger partial charge in [-0.05, 0) is 36.2 Å². The number of rotatable bonds is 7. The van der Waals surface area contributed by atoms with Crippen LogP contribution in [0, 0.1) is 6.92 Å². The van der Waals surface area contributed by atoms with E-state index in [1.54, 1.807) is 19.4 Å². The lowest BCUT2D eigenvalue weighted by Crippen LogP contribution is -2.24. The minimum atomic E-state index is -0.222. The summed E-state index contributed by atoms with van der Waals surface area (Å²) in [5.74, 6) is 0.528. The van der Waals surface area contributed by atoms with Gasteiger partial charge in [0.05, 0.1) is 7.11 Å². The Morgan fingerprint density at radius 3 is 2.52 bits per heavy atom. The maximum absolute atomic E-state index is 12.5. The number of methoxy groups -OCH3 is 1. The van der Waals surface area contributed by atoms with Crippen LogP contribution in [0.4, 0.5) is 5.69 Å². The predicted octanol–water partition coefficient (Wildman–Crippen LogP) is 3.94. The van der Waals surface area contributed by atoms with Gasteiger partial charge in [-0.1, -0.05) is 42.5 Å². The van der Waals surface area contributed by atoms with E-state index in [-0.39, 0.29) is 5.91 Å². The van der Waals surface area contributed by atoms with Crippen LogP contribution < -0.4 is 15.4 Å². The zero-order valence-electron chi connectivity index (χ0n) is 15.5. The van der Waals surface area contributed by atoms with Gasteiger partial charge in [-0.15, -0.1) is 0 Å². The van der Waals surface area contributed by atoms with Gasteiger partial charge in [0.15, 0.2) is 0 Å². The second-order valence-electron chi connectivity index (χ2n) is 6.20. The number of hydrogen-bond donors (Lipinski definition) is 2. The van der Waals surface area contributed by atoms with Gasteiger partial charge in [0.25, 0.3) is 5.91 Å². The number of amides is 1. The number of ether oxygens (including phenoxy) is 1. The molecular formula is C22H23N3O2. The Morgan fingerprint density at radius 2 is 1.74 bits per heavy atom. The van der Waals surface area contributed by atoms with Gasteiger partial charge >= 0.3 is 0 Å². The summed E-state index contributed by atoms with van der Waals surface area (Å²) in [7, 11) is 1.62. The normalized spacial score (nSPS) is 10.3. The molecule has 3 aromatic rings. The van der Waals surface area contributed by atoms with E-state index in [4.69, 9.17) is 4.74 Å². The Bertz CT molecular complexity index is 925. The molecule has 1 heterocycles. The number of nitrogens with one attached hydrogen (secondary N) is 2. The molecule has 0 radical (unpaired) electrons. The van der Waals surface area contributed by atoms with E-state index in [1.807, 2.05) is 42.5 Å². The standard InChI is InChI=1S/C22H23N3O2/c1-16-7-3-4-8-17(16)14-24-19-11-12-23-20(13-19)22(26)25-15-18-9-5-6-10-21(18)27-2/h3-13H,14-15H2,1-2H3,(H,23,24)(H,25,26). The first-order valence-corrected chi connectivity index (χ1v) is 8.82. The van der Waals surface area contributed by atoms with Crippen LogP contribution in [0.15, 0.2) is 66.9 Å². The molecule has 0 atom stereocenters. The quantitative estimate of drug-likeness (QED) is 0.669. The minimum Gasteiger partial charge on any atom is -0.496 e. The highest BCUT2D eigenvalue weighted by Gasteiger charge is 2.09. The average molecular weight is 361 g/mol. The molecule has 27 heavy (non-hydrogen) atoms. The highest BCUT2D eigenvalue weighted by atomic mass is 16.5. The summed E-state index contributed by atoms with van der Waals surface area (Å²) in [5, 5.41) is 6.24. The number of hydrogen-bond acceptors (Lipinski definition) is 4. The van der Waals surface area contributed by atoms with E-state index >= 15 is 0 Å². The lowest BCUT2D eigenvalue weighted by atomic mass is 10.1. The first-order chi connectivity index (χ1) is 13.2. The Balaban J connectivity index is 1.62. The fourth-order valence-electron chi connectivity index (χ4n) is 2.79. The van der Waals surface area contributed by atoms with Gasteiger partial charge in [0.2, 0.25) is 0 Å². The lowest BCUT2D eigenvalue weighted by Gasteiger charge is -2.11. The zero-order chi connectivity index (χ0) is 19.1. The van der Waals surface area contributed by atoms with Crippen molar-refractivity contribution < 1.29 is 9.53 Å². The Morgan fingerprint density at radius 1 is 1.00 bits per heavy atom. The van der Waals surface area contributed by atoms with Crippen molar-refractivity contribution in [2.45, 2.75) is 20.0 Å². The number of anilines is 1. The molecule has 1 amide bonds. The van der Waals surface area contributed by atoms with E-state index in [9.17, 15) is 4.79 Å². The molecule has 0 aliphatic rings. The minimum absolute atomic E-state index is 0.222. The van der Waals surface area contributed by atoms with Crippen LogP contribution >= 0.6 is 0 Å². The number of aromatic nitrogens is 1. The smallest absolute Gasteiger partial charge is 0.270 e. The van der Waals surface area contributed by atoms with Crippen LogP contribution in [0.5, 0.6) is 5.75 Å². The van der Waals surface area contributed by atoms with Crippen LogP contribution in [-0.2, 0) is 13.1 Å². The third kappa shape index (κ3) is 4.85. The Hall–Kier alpha value is -3.34. The van der Waals surface area contributed by atoms with Crippen molar-refractivity contribution in [3.63, 3.8) is 0 Å². The molecule has 3 rings (SSSR count). The fraction of sp³-hybridized carbons (Fsp3) is 0.182. The molecule has 5 heteroatoms. The number of pyridine rings is 1. The second kappa shape index (κ2) is 8.85. The summed E-state index contributed by atoms with van der Waals surface area (Å²) in [6.45, 7) is 3.16. The maximum atomic E-state index is 12.5. The van der Waals surface area contributed by atoms with Gasteiger partial charge in [-0.25, -0.2) is 0 Å². The highest BCUT2D eigenvalue weighted by molar-refractivity contribution is 5.93. The second-order valence-corrected chi connectivity index (χ2v) is 6.20. The Labute approximate surface area is 159 Å². The van der Waals surface area contributed by atoms with Crippen molar-refractivity contribution in [3.8, 4) is 5.75 Å². The molecule has 0 fully saturated rings. The van der Waals surface area contributed by atoms with Crippen LogP contribution in [-0.4, -0.2) is 18.0 Å². The third-order valence-corrected chi connectivity index (χ3v) is 4.37. The summed E-state index contributed by atoms with van der Waals surface area (Å²) < 4.78 is 5.31. The van der Waals surface area contributed by atoms with E-state index in [2.05, 4.69) is 34.7 Å². The molecule has 0 spiro atoms. The van der Waals surface area contributed by atoms with E-state index in [0.717, 1.165) is 17.0 Å². The number of carbonyl (C=O) groups is 1. The summed E-state index contributed by atoms with van der Waals surface area (Å²) >= 11 is 0. The molecular weight excluding hydrogens is 338 g/mol. The molecule has 0 saturated carbocycles. The molecule has 0 aliphatic carbocycles. The molecule has 2 N–H and O–H groups in total. The predicted molar refractivity (Wildman–Crippen MR) is 107 cm³/mol. The monoisotopic (exact) mass is 361 g/mol. The van der Waals surface area contributed by atoms with Gasteiger partial charge in [0.1, 0.15) is 11.4 Å². The van der Waals surface area contributed by atoms with Gasteiger partial charge in [-0.3, -0.25) is 9.78 Å². The molecule has 2 aromatic carbocycles. The Kier molecular flexibility index (Phi) is 6.05. The third-order valence-electron chi connectivity index (χ3n) is 4.37. The molecule has 0 aliphatic heterocycles. The largest absolute Gasteiger partial charge is 0.496 e. The summed E-state index contributed by atoms with van der Waals surface area (Å²) in [4.78, 5) is 16.6.